The summed E-state index contributed by atoms with van der Waals surface area (Å²) in [6.07, 6.45) is 2.56. The Bertz CT molecular complexity index is 1140. The van der Waals surface area contributed by atoms with Gasteiger partial charge in [-0.25, -0.2) is 13.8 Å². The summed E-state index contributed by atoms with van der Waals surface area (Å²) in [7, 11) is 0. The minimum atomic E-state index is -1.05. The van der Waals surface area contributed by atoms with Crippen molar-refractivity contribution >= 4 is 47.5 Å². The molecule has 0 unspecified atom stereocenters. The first-order chi connectivity index (χ1) is 15.4. The Kier molecular flexibility index (Phi) is 7.38. The summed E-state index contributed by atoms with van der Waals surface area (Å²) >= 11 is 0. The number of amides is 1. The average molecular weight is 481 g/mol. The molecule has 1 aliphatic heterocycles. The normalized spacial score (nSPS) is 13.8. The fraction of sp³-hybridized carbons (Fsp3) is 0.250. The van der Waals surface area contributed by atoms with Crippen LogP contribution < -0.4 is 15.5 Å². The number of carbonyl (C=O) groups is 2. The van der Waals surface area contributed by atoms with Gasteiger partial charge in [0, 0.05) is 24.8 Å². The highest BCUT2D eigenvalue weighted by Crippen LogP contribution is 2.23. The molecule has 1 saturated heterocycles. The van der Waals surface area contributed by atoms with Crippen molar-refractivity contribution in [1.29, 1.82) is 0 Å². The molecule has 174 valence electrons. The number of hydrogen-bond donors (Lipinski definition) is 3. The zero-order chi connectivity index (χ0) is 22.7. The number of rotatable bonds is 6. The van der Waals surface area contributed by atoms with Gasteiger partial charge in [-0.1, -0.05) is 5.10 Å². The molecule has 3 aromatic rings. The first-order valence-corrected chi connectivity index (χ1v) is 9.70. The van der Waals surface area contributed by atoms with Crippen LogP contribution in [0.1, 0.15) is 23.5 Å². The van der Waals surface area contributed by atoms with Gasteiger partial charge in [-0.15, -0.1) is 17.5 Å². The van der Waals surface area contributed by atoms with Crippen LogP contribution in [0.15, 0.2) is 40.9 Å². The summed E-state index contributed by atoms with van der Waals surface area (Å²) in [4.78, 5) is 29.7. The van der Waals surface area contributed by atoms with E-state index in [0.717, 1.165) is 12.1 Å². The largest absolute Gasteiger partial charge is 0.481 e. The van der Waals surface area contributed by atoms with Crippen LogP contribution in [-0.2, 0) is 4.79 Å². The van der Waals surface area contributed by atoms with E-state index in [1.54, 1.807) is 12.1 Å². The maximum Gasteiger partial charge on any atom is 0.320 e. The van der Waals surface area contributed by atoms with Crippen LogP contribution >= 0.6 is 12.4 Å². The number of aromatic nitrogens is 3. The van der Waals surface area contributed by atoms with Crippen LogP contribution in [-0.4, -0.2) is 45.3 Å². The molecule has 0 radical (unpaired) electrons. The van der Waals surface area contributed by atoms with Crippen LogP contribution in [0.2, 0.25) is 0 Å². The van der Waals surface area contributed by atoms with E-state index in [1.807, 2.05) is 4.90 Å². The smallest absolute Gasteiger partial charge is 0.320 e. The Labute approximate surface area is 192 Å². The van der Waals surface area contributed by atoms with Crippen molar-refractivity contribution in [1.82, 2.24) is 15.2 Å². The summed E-state index contributed by atoms with van der Waals surface area (Å²) in [6, 6.07) is 6.34. The fourth-order valence-electron chi connectivity index (χ4n) is 3.25. The summed E-state index contributed by atoms with van der Waals surface area (Å²) in [5.74, 6) is -3.48. The van der Waals surface area contributed by atoms with E-state index in [0.29, 0.717) is 37.4 Å². The van der Waals surface area contributed by atoms with Gasteiger partial charge in [-0.2, -0.15) is 0 Å². The third-order valence-corrected chi connectivity index (χ3v) is 4.96. The first-order valence-electron chi connectivity index (χ1n) is 9.70. The molecule has 1 aromatic carbocycles. The van der Waals surface area contributed by atoms with Crippen molar-refractivity contribution in [3.63, 3.8) is 0 Å². The van der Waals surface area contributed by atoms with E-state index >= 15 is 0 Å². The van der Waals surface area contributed by atoms with Gasteiger partial charge in [-0.05, 0) is 37.1 Å². The topological polar surface area (TPSA) is 133 Å². The van der Waals surface area contributed by atoms with Gasteiger partial charge < -0.3 is 25.1 Å². The second-order valence-electron chi connectivity index (χ2n) is 7.13. The average Bonchev–Trinajstić information content (AvgIpc) is 3.25. The summed E-state index contributed by atoms with van der Waals surface area (Å²) in [6.45, 7) is 1.18. The van der Waals surface area contributed by atoms with E-state index in [2.05, 4.69) is 25.8 Å². The number of anilines is 4. The minimum absolute atomic E-state index is 0. The van der Waals surface area contributed by atoms with E-state index in [9.17, 15) is 18.4 Å². The predicted octanol–water partition coefficient (Wildman–Crippen LogP) is 3.46. The van der Waals surface area contributed by atoms with Gasteiger partial charge in [0.1, 0.15) is 5.82 Å². The monoisotopic (exact) mass is 480 g/mol. The Balaban J connectivity index is 0.00000306. The highest BCUT2D eigenvalue weighted by molar-refractivity contribution is 6.00. The van der Waals surface area contributed by atoms with E-state index in [1.165, 1.54) is 12.3 Å². The number of carboxylic acids is 1. The van der Waals surface area contributed by atoms with E-state index in [4.69, 9.17) is 9.52 Å². The zero-order valence-electron chi connectivity index (χ0n) is 17.0. The number of aliphatic carboxylic acids is 1. The molecule has 10 nitrogen and oxygen atoms in total. The molecule has 0 aliphatic carbocycles. The van der Waals surface area contributed by atoms with Crippen LogP contribution in [0.4, 0.5) is 32.0 Å². The Morgan fingerprint density at radius 3 is 2.42 bits per heavy atom. The molecule has 1 aliphatic rings. The van der Waals surface area contributed by atoms with Gasteiger partial charge in [0.05, 0.1) is 17.8 Å². The molecule has 0 saturated carbocycles. The maximum absolute atomic E-state index is 13.3. The van der Waals surface area contributed by atoms with Gasteiger partial charge in [0.15, 0.2) is 11.6 Å². The third kappa shape index (κ3) is 5.71. The number of pyridine rings is 1. The Hall–Kier alpha value is -3.80. The highest BCUT2D eigenvalue weighted by Gasteiger charge is 2.25. The first kappa shape index (κ1) is 23.9. The van der Waals surface area contributed by atoms with Crippen LogP contribution in [0.25, 0.3) is 0 Å². The standard InChI is InChI=1S/C20H18F2N6O4.ClH/c21-14-3-1-12(9-15(14)22)25-20-27-26-18(32-20)17(29)24-13-2-4-16(23-10-13)28-7-5-11(6-8-28)19(30)31;/h1-4,9-11H,5-8H2,(H,24,29)(H,25,27)(H,30,31);1H. The number of halogens is 3. The minimum Gasteiger partial charge on any atom is -0.481 e. The predicted molar refractivity (Wildman–Crippen MR) is 116 cm³/mol. The van der Waals surface area contributed by atoms with Crippen molar-refractivity contribution in [2.75, 3.05) is 28.6 Å². The molecule has 33 heavy (non-hydrogen) atoms. The Morgan fingerprint density at radius 1 is 1.06 bits per heavy atom. The summed E-state index contributed by atoms with van der Waals surface area (Å²) in [5.41, 5.74) is 0.569. The second-order valence-corrected chi connectivity index (χ2v) is 7.13. The van der Waals surface area contributed by atoms with Gasteiger partial charge >= 0.3 is 23.8 Å². The SMILES string of the molecule is Cl.O=C(Nc1ccc(N2CCC(C(=O)O)CC2)nc1)c1nnc(Nc2ccc(F)c(F)c2)o1. The van der Waals surface area contributed by atoms with E-state index < -0.39 is 23.5 Å². The lowest BCUT2D eigenvalue weighted by molar-refractivity contribution is -0.142. The lowest BCUT2D eigenvalue weighted by atomic mass is 9.97. The quantitative estimate of drug-likeness (QED) is 0.484. The Morgan fingerprint density at radius 2 is 1.79 bits per heavy atom. The number of nitrogens with one attached hydrogen (secondary N) is 2. The molecule has 2 aromatic heterocycles. The molecule has 4 rings (SSSR count). The van der Waals surface area contributed by atoms with Crippen LogP contribution in [0, 0.1) is 17.6 Å². The molecular weight excluding hydrogens is 462 g/mol. The molecule has 0 atom stereocenters. The van der Waals surface area contributed by atoms with E-state index in [-0.39, 0.29) is 35.9 Å². The lowest BCUT2D eigenvalue weighted by Crippen LogP contribution is -2.36. The number of carbonyl (C=O) groups excluding carboxylic acids is 1. The number of nitrogens with zero attached hydrogens (tertiary/aromatic N) is 4. The van der Waals surface area contributed by atoms with Gasteiger partial charge in [-0.3, -0.25) is 9.59 Å². The fourth-order valence-corrected chi connectivity index (χ4v) is 3.25. The molecule has 1 fully saturated rings. The molecule has 3 heterocycles. The van der Waals surface area contributed by atoms with Crippen LogP contribution in [0.3, 0.4) is 0 Å². The van der Waals surface area contributed by atoms with Gasteiger partial charge in [0.2, 0.25) is 0 Å². The summed E-state index contributed by atoms with van der Waals surface area (Å²) < 4.78 is 31.5. The maximum atomic E-state index is 13.3. The van der Waals surface area contributed by atoms with Crippen molar-refractivity contribution < 1.29 is 27.9 Å². The molecule has 3 N–H and O–H groups in total. The zero-order valence-corrected chi connectivity index (χ0v) is 17.8. The molecular formula is C20H19ClF2N6O4. The third-order valence-electron chi connectivity index (χ3n) is 4.96. The lowest BCUT2D eigenvalue weighted by Gasteiger charge is -2.31. The van der Waals surface area contributed by atoms with Crippen LogP contribution in [0.5, 0.6) is 0 Å². The van der Waals surface area contributed by atoms with Crippen molar-refractivity contribution in [3.8, 4) is 0 Å². The number of benzene rings is 1. The molecule has 0 spiro atoms. The van der Waals surface area contributed by atoms with Crippen molar-refractivity contribution in [3.05, 3.63) is 54.1 Å². The number of hydrogen-bond acceptors (Lipinski definition) is 8. The number of carboxylic acid groups (broad SMARTS) is 1. The van der Waals surface area contributed by atoms with Crippen molar-refractivity contribution in [2.24, 2.45) is 5.92 Å². The highest BCUT2D eigenvalue weighted by atomic mass is 35.5. The van der Waals surface area contributed by atoms with Gasteiger partial charge in [0.25, 0.3) is 0 Å². The van der Waals surface area contributed by atoms with Crippen molar-refractivity contribution in [2.45, 2.75) is 12.8 Å². The molecule has 13 heteroatoms. The summed E-state index contributed by atoms with van der Waals surface area (Å²) in [5, 5.41) is 21.5. The number of piperidine rings is 1. The molecule has 0 bridgehead atoms. The molecule has 1 amide bonds. The second kappa shape index (κ2) is 10.2.